The van der Waals surface area contributed by atoms with Crippen molar-refractivity contribution in [3.63, 3.8) is 0 Å². The number of hydrogen-bond acceptors (Lipinski definition) is 8. The number of allylic oxidation sites excluding steroid dienone is 1. The number of alkyl halides is 1. The van der Waals surface area contributed by atoms with Crippen molar-refractivity contribution < 1.29 is 22.9 Å². The second-order valence-electron chi connectivity index (χ2n) is 5.71. The number of rotatable bonds is 8. The number of ether oxygens (including phenoxy) is 1. The number of aliphatic hydroxyl groups is 1. The number of methoxy groups -OCH3 is 1. The summed E-state index contributed by atoms with van der Waals surface area (Å²) < 4.78 is 29.9. The summed E-state index contributed by atoms with van der Waals surface area (Å²) in [6.45, 7) is -0.0126. The highest BCUT2D eigenvalue weighted by atomic mass is 32.2. The lowest BCUT2D eigenvalue weighted by atomic mass is 9.98. The molecule has 0 fully saturated rings. The number of amides is 1. The SMILES string of the molecule is CF.COc1ccccc1C(=O)NCc1ccc(C(O)=C(C#N)C#N)c(NSF)c1C=N. The molecule has 2 rings (SSSR count). The van der Waals surface area contributed by atoms with Crippen molar-refractivity contribution in [2.24, 2.45) is 0 Å². The highest BCUT2D eigenvalue weighted by Gasteiger charge is 2.19. The van der Waals surface area contributed by atoms with Crippen LogP contribution in [0.5, 0.6) is 5.75 Å². The quantitative estimate of drug-likeness (QED) is 0.197. The van der Waals surface area contributed by atoms with Crippen LogP contribution in [0.15, 0.2) is 42.0 Å². The lowest BCUT2D eigenvalue weighted by Gasteiger charge is -2.16. The van der Waals surface area contributed by atoms with Crippen molar-refractivity contribution in [1.82, 2.24) is 5.32 Å². The van der Waals surface area contributed by atoms with Gasteiger partial charge in [-0.05, 0) is 23.8 Å². The van der Waals surface area contributed by atoms with E-state index in [1.807, 2.05) is 0 Å². The number of anilines is 1. The number of halogens is 2. The Bertz CT molecular complexity index is 1080. The molecule has 0 spiro atoms. The fraction of sp³-hybridized carbons (Fsp3) is 0.143. The van der Waals surface area contributed by atoms with E-state index in [2.05, 4.69) is 10.0 Å². The van der Waals surface area contributed by atoms with Gasteiger partial charge in [0, 0.05) is 23.9 Å². The summed E-state index contributed by atoms with van der Waals surface area (Å²) in [4.78, 5) is 12.5. The second-order valence-corrected chi connectivity index (χ2v) is 6.07. The molecule has 11 heteroatoms. The van der Waals surface area contributed by atoms with Gasteiger partial charge in [-0.25, -0.2) is 0 Å². The average molecular weight is 459 g/mol. The van der Waals surface area contributed by atoms with Crippen LogP contribution in [-0.4, -0.2) is 31.5 Å². The number of carbonyl (C=O) groups excluding carboxylic acids is 1. The third-order valence-electron chi connectivity index (χ3n) is 4.13. The Morgan fingerprint density at radius 2 is 1.88 bits per heavy atom. The molecule has 0 heterocycles. The summed E-state index contributed by atoms with van der Waals surface area (Å²) in [5, 5.41) is 38.5. The average Bonchev–Trinajstić information content (AvgIpc) is 2.84. The van der Waals surface area contributed by atoms with Gasteiger partial charge >= 0.3 is 0 Å². The third-order valence-corrected chi connectivity index (χ3v) is 4.41. The molecular weight excluding hydrogens is 440 g/mol. The van der Waals surface area contributed by atoms with Gasteiger partial charge in [0.05, 0.1) is 25.5 Å². The van der Waals surface area contributed by atoms with Gasteiger partial charge in [0.2, 0.25) is 0 Å². The first kappa shape index (κ1) is 25.9. The first-order valence-electron chi connectivity index (χ1n) is 8.75. The Kier molecular flexibility index (Phi) is 10.8. The van der Waals surface area contributed by atoms with Gasteiger partial charge in [0.1, 0.15) is 17.9 Å². The molecule has 0 aromatic heterocycles. The number of carbonyl (C=O) groups is 1. The summed E-state index contributed by atoms with van der Waals surface area (Å²) in [5.41, 5.74) is 0.323. The largest absolute Gasteiger partial charge is 0.505 e. The highest BCUT2D eigenvalue weighted by molar-refractivity contribution is 7.95. The Labute approximate surface area is 188 Å². The predicted molar refractivity (Wildman–Crippen MR) is 119 cm³/mol. The molecule has 8 nitrogen and oxygen atoms in total. The molecule has 0 aliphatic heterocycles. The van der Waals surface area contributed by atoms with Crippen LogP contribution in [0, 0.1) is 28.1 Å². The Hall–Kier alpha value is -4.09. The van der Waals surface area contributed by atoms with E-state index >= 15 is 0 Å². The molecule has 166 valence electrons. The molecule has 2 aromatic carbocycles. The van der Waals surface area contributed by atoms with Crippen molar-refractivity contribution >= 4 is 35.9 Å². The maximum absolute atomic E-state index is 13.0. The highest BCUT2D eigenvalue weighted by Crippen LogP contribution is 2.32. The molecule has 0 unspecified atom stereocenters. The first-order valence-corrected chi connectivity index (χ1v) is 9.46. The van der Waals surface area contributed by atoms with Gasteiger partial charge < -0.3 is 25.3 Å². The first-order chi connectivity index (χ1) is 15.5. The fourth-order valence-electron chi connectivity index (χ4n) is 2.70. The molecule has 0 aliphatic carbocycles. The zero-order valence-corrected chi connectivity index (χ0v) is 17.9. The van der Waals surface area contributed by atoms with Crippen LogP contribution in [-0.2, 0) is 6.54 Å². The van der Waals surface area contributed by atoms with E-state index in [9.17, 15) is 18.2 Å². The lowest BCUT2D eigenvalue weighted by molar-refractivity contribution is 0.0948. The Morgan fingerprint density at radius 1 is 1.22 bits per heavy atom. The van der Waals surface area contributed by atoms with Crippen LogP contribution in [0.25, 0.3) is 5.76 Å². The van der Waals surface area contributed by atoms with Crippen molar-refractivity contribution in [2.75, 3.05) is 19.0 Å². The van der Waals surface area contributed by atoms with Crippen LogP contribution in [0.2, 0.25) is 0 Å². The van der Waals surface area contributed by atoms with Crippen molar-refractivity contribution in [1.29, 1.82) is 15.9 Å². The van der Waals surface area contributed by atoms with Crippen molar-refractivity contribution in [3.05, 3.63) is 64.2 Å². The van der Waals surface area contributed by atoms with Crippen molar-refractivity contribution in [3.8, 4) is 17.9 Å². The molecule has 0 radical (unpaired) electrons. The number of hydrogen-bond donors (Lipinski definition) is 4. The zero-order valence-electron chi connectivity index (χ0n) is 17.1. The van der Waals surface area contributed by atoms with Crippen molar-refractivity contribution in [2.45, 2.75) is 6.54 Å². The summed E-state index contributed by atoms with van der Waals surface area (Å²) in [5.74, 6) is -0.672. The number of benzene rings is 2. The van der Waals surface area contributed by atoms with E-state index in [1.165, 1.54) is 19.2 Å². The van der Waals surface area contributed by atoms with Crippen LogP contribution in [0.1, 0.15) is 27.0 Å². The van der Waals surface area contributed by atoms with Crippen LogP contribution < -0.4 is 14.8 Å². The summed E-state index contributed by atoms with van der Waals surface area (Å²) in [6, 6.07) is 12.6. The van der Waals surface area contributed by atoms with Crippen LogP contribution in [0.4, 0.5) is 14.0 Å². The van der Waals surface area contributed by atoms with Gasteiger partial charge in [-0.2, -0.15) is 10.5 Å². The Morgan fingerprint density at radius 3 is 2.44 bits per heavy atom. The predicted octanol–water partition coefficient (Wildman–Crippen LogP) is 4.47. The topological polar surface area (TPSA) is 142 Å². The standard InChI is InChI=1S/C20H16FN5O3S.CH3F/c1-29-17-5-3-2-4-14(17)20(28)25-11-12-6-7-15(19(27)13(8-22)9-23)18(26-30-21)16(12)10-24;1-2/h2-7,10,24,26-27H,11H2,1H3,(H,25,28);1H3. The van der Waals surface area contributed by atoms with Crippen LogP contribution >= 0.6 is 12.3 Å². The molecule has 0 atom stereocenters. The van der Waals surface area contributed by atoms with E-state index in [0.717, 1.165) is 6.21 Å². The van der Waals surface area contributed by atoms with E-state index in [-0.39, 0.29) is 35.7 Å². The number of nitrogens with zero attached hydrogens (tertiary/aromatic N) is 2. The maximum Gasteiger partial charge on any atom is 0.255 e. The van der Waals surface area contributed by atoms with Gasteiger partial charge in [-0.1, -0.05) is 18.2 Å². The molecule has 1 amide bonds. The van der Waals surface area contributed by atoms with E-state index < -0.39 is 17.2 Å². The minimum Gasteiger partial charge on any atom is -0.505 e. The minimum absolute atomic E-state index is 0.0120. The molecule has 0 saturated heterocycles. The summed E-state index contributed by atoms with van der Waals surface area (Å²) >= 11 is -0.279. The van der Waals surface area contributed by atoms with Gasteiger partial charge in [-0.15, -0.1) is 3.89 Å². The number of aliphatic hydroxyl groups excluding tert-OH is 1. The third kappa shape index (κ3) is 5.97. The molecule has 0 saturated carbocycles. The fourth-order valence-corrected chi connectivity index (χ4v) is 2.99. The molecule has 0 aliphatic rings. The molecule has 0 bridgehead atoms. The van der Waals surface area contributed by atoms with Gasteiger partial charge in [-0.3, -0.25) is 9.18 Å². The minimum atomic E-state index is -0.649. The van der Waals surface area contributed by atoms with E-state index in [4.69, 9.17) is 20.7 Å². The number of nitrogens with one attached hydrogen (secondary N) is 3. The smallest absolute Gasteiger partial charge is 0.255 e. The number of nitriles is 2. The van der Waals surface area contributed by atoms with Crippen LogP contribution in [0.3, 0.4) is 0 Å². The second kappa shape index (κ2) is 13.3. The maximum atomic E-state index is 13.0. The summed E-state index contributed by atoms with van der Waals surface area (Å²) in [6.07, 6.45) is 0.915. The van der Waals surface area contributed by atoms with E-state index in [1.54, 1.807) is 36.4 Å². The number of para-hydroxylation sites is 1. The molecule has 2 aromatic rings. The monoisotopic (exact) mass is 459 g/mol. The zero-order chi connectivity index (χ0) is 24.1. The van der Waals surface area contributed by atoms with Gasteiger partial charge in [0.25, 0.3) is 5.91 Å². The molecular formula is C21H19F2N5O3S. The summed E-state index contributed by atoms with van der Waals surface area (Å²) in [7, 11) is 1.95. The molecule has 32 heavy (non-hydrogen) atoms. The Balaban J connectivity index is 0.00000249. The van der Waals surface area contributed by atoms with E-state index in [0.29, 0.717) is 24.1 Å². The normalized spacial score (nSPS) is 9.19. The molecule has 4 N–H and O–H groups in total. The lowest BCUT2D eigenvalue weighted by Crippen LogP contribution is -2.24. The van der Waals surface area contributed by atoms with Gasteiger partial charge in [0.15, 0.2) is 23.7 Å².